The molecule has 4 nitrogen and oxygen atoms in total. The monoisotopic (exact) mass is 296 g/mol. The number of hydrogen-bond donors (Lipinski definition) is 0. The largest absolute Gasteiger partial charge is 0.453 e. The number of hydrogen-bond acceptors (Lipinski definition) is 3. The Balaban J connectivity index is 2.01. The zero-order valence-electron chi connectivity index (χ0n) is 13.0. The molecule has 0 N–H and O–H groups in total. The van der Waals surface area contributed by atoms with Gasteiger partial charge in [-0.2, -0.15) is 0 Å². The highest BCUT2D eigenvalue weighted by atomic mass is 16.5. The molecule has 0 unspecified atom stereocenters. The molecule has 0 saturated heterocycles. The van der Waals surface area contributed by atoms with E-state index in [1.807, 2.05) is 48.5 Å². The summed E-state index contributed by atoms with van der Waals surface area (Å²) in [6, 6.07) is 15.3. The molecule has 1 amide bonds. The molecule has 0 aliphatic carbocycles. The fourth-order valence-corrected chi connectivity index (χ4v) is 2.68. The van der Waals surface area contributed by atoms with Crippen LogP contribution in [-0.2, 0) is 4.79 Å². The van der Waals surface area contributed by atoms with Gasteiger partial charge in [0, 0.05) is 0 Å². The summed E-state index contributed by atoms with van der Waals surface area (Å²) in [5.74, 6) is 1.50. The molecule has 0 bridgehead atoms. The number of carbonyl (C=O) groups excluding carboxylic acids is 1. The molecule has 2 aromatic carbocycles. The molecule has 2 aromatic rings. The molecule has 1 aliphatic heterocycles. The lowest BCUT2D eigenvalue weighted by Crippen LogP contribution is -2.39. The van der Waals surface area contributed by atoms with Crippen molar-refractivity contribution in [2.24, 2.45) is 0 Å². The molecule has 0 spiro atoms. The molecule has 22 heavy (non-hydrogen) atoms. The predicted octanol–water partition coefficient (Wildman–Crippen LogP) is 3.80. The molecule has 0 radical (unpaired) electrons. The van der Waals surface area contributed by atoms with Crippen molar-refractivity contribution in [3.63, 3.8) is 0 Å². The van der Waals surface area contributed by atoms with Gasteiger partial charge in [0.25, 0.3) is 0 Å². The molecule has 3 rings (SSSR count). The van der Waals surface area contributed by atoms with Gasteiger partial charge in [0.1, 0.15) is 0 Å². The number of nitrogens with zero attached hydrogens (tertiary/aromatic N) is 2. The minimum atomic E-state index is 0.0619. The highest BCUT2D eigenvalue weighted by Gasteiger charge is 2.29. The first-order valence-corrected chi connectivity index (χ1v) is 7.65. The summed E-state index contributed by atoms with van der Waals surface area (Å²) in [5, 5.41) is 0. The molecule has 0 atom stereocenters. The van der Waals surface area contributed by atoms with Crippen LogP contribution in [0.15, 0.2) is 48.5 Å². The lowest BCUT2D eigenvalue weighted by atomic mass is 10.1. The summed E-state index contributed by atoms with van der Waals surface area (Å²) in [7, 11) is 0. The van der Waals surface area contributed by atoms with Crippen molar-refractivity contribution in [2.75, 3.05) is 24.5 Å². The molecule has 0 fully saturated rings. The summed E-state index contributed by atoms with van der Waals surface area (Å²) >= 11 is 0. The van der Waals surface area contributed by atoms with Crippen LogP contribution in [0.3, 0.4) is 0 Å². The molecule has 114 valence electrons. The molecular formula is C18H20N2O2. The molecule has 0 aromatic heterocycles. The number of anilines is 2. The molecule has 1 aliphatic rings. The average Bonchev–Trinajstić information content (AvgIpc) is 2.57. The van der Waals surface area contributed by atoms with Crippen LogP contribution in [0.5, 0.6) is 11.5 Å². The van der Waals surface area contributed by atoms with Gasteiger partial charge >= 0.3 is 0 Å². The smallest absolute Gasteiger partial charge is 0.245 e. The fraction of sp³-hybridized carbons (Fsp3) is 0.278. The van der Waals surface area contributed by atoms with E-state index in [0.717, 1.165) is 24.5 Å². The van der Waals surface area contributed by atoms with Gasteiger partial charge in [-0.3, -0.25) is 14.6 Å². The number of ether oxygens (including phenoxy) is 1. The lowest BCUT2D eigenvalue weighted by molar-refractivity contribution is -0.119. The Morgan fingerprint density at radius 2 is 1.45 bits per heavy atom. The molecule has 0 saturated carbocycles. The van der Waals surface area contributed by atoms with E-state index in [1.165, 1.54) is 0 Å². The minimum Gasteiger partial charge on any atom is -0.453 e. The zero-order valence-corrected chi connectivity index (χ0v) is 13.0. The quantitative estimate of drug-likeness (QED) is 0.860. The van der Waals surface area contributed by atoms with Gasteiger partial charge in [0.2, 0.25) is 5.91 Å². The summed E-state index contributed by atoms with van der Waals surface area (Å²) in [5.41, 5.74) is 1.61. The molecule has 4 heteroatoms. The topological polar surface area (TPSA) is 32.8 Å². The predicted molar refractivity (Wildman–Crippen MR) is 87.9 cm³/mol. The van der Waals surface area contributed by atoms with Gasteiger partial charge in [-0.15, -0.1) is 0 Å². The third kappa shape index (κ3) is 2.57. The second-order valence-electron chi connectivity index (χ2n) is 5.23. The SMILES string of the molecule is CCN(CC)CC(=O)N1c2ccccc2Oc2ccccc21. The van der Waals surface area contributed by atoms with Crippen molar-refractivity contribution < 1.29 is 9.53 Å². The Morgan fingerprint density at radius 3 is 1.95 bits per heavy atom. The van der Waals surface area contributed by atoms with Crippen LogP contribution in [0, 0.1) is 0 Å². The maximum atomic E-state index is 12.9. The van der Waals surface area contributed by atoms with Gasteiger partial charge in [-0.1, -0.05) is 38.1 Å². The van der Waals surface area contributed by atoms with Gasteiger partial charge in [-0.25, -0.2) is 0 Å². The van der Waals surface area contributed by atoms with E-state index in [9.17, 15) is 4.79 Å². The van der Waals surface area contributed by atoms with Crippen molar-refractivity contribution in [1.82, 2.24) is 4.90 Å². The molecule has 1 heterocycles. The van der Waals surface area contributed by atoms with Gasteiger partial charge in [-0.05, 0) is 37.4 Å². The van der Waals surface area contributed by atoms with Crippen molar-refractivity contribution >= 4 is 17.3 Å². The highest BCUT2D eigenvalue weighted by Crippen LogP contribution is 2.46. The first-order valence-electron chi connectivity index (χ1n) is 7.65. The maximum absolute atomic E-state index is 12.9. The van der Waals surface area contributed by atoms with Crippen LogP contribution in [0.4, 0.5) is 11.4 Å². The van der Waals surface area contributed by atoms with Gasteiger partial charge in [0.05, 0.1) is 17.9 Å². The van der Waals surface area contributed by atoms with E-state index in [0.29, 0.717) is 18.0 Å². The van der Waals surface area contributed by atoms with E-state index >= 15 is 0 Å². The van der Waals surface area contributed by atoms with Gasteiger partial charge in [0.15, 0.2) is 11.5 Å². The first kappa shape index (κ1) is 14.6. The van der Waals surface area contributed by atoms with Crippen LogP contribution >= 0.6 is 0 Å². The van der Waals surface area contributed by atoms with Gasteiger partial charge < -0.3 is 4.74 Å². The van der Waals surface area contributed by atoms with E-state index in [1.54, 1.807) is 4.90 Å². The third-order valence-corrected chi connectivity index (χ3v) is 3.93. The number of benzene rings is 2. The number of para-hydroxylation sites is 4. The van der Waals surface area contributed by atoms with E-state index in [2.05, 4.69) is 18.7 Å². The first-order chi connectivity index (χ1) is 10.7. The van der Waals surface area contributed by atoms with Crippen molar-refractivity contribution in [1.29, 1.82) is 0 Å². The Labute approximate surface area is 130 Å². The second-order valence-corrected chi connectivity index (χ2v) is 5.23. The Hall–Kier alpha value is -2.33. The summed E-state index contributed by atoms with van der Waals surface area (Å²) < 4.78 is 5.91. The van der Waals surface area contributed by atoms with Crippen LogP contribution in [-0.4, -0.2) is 30.4 Å². The van der Waals surface area contributed by atoms with E-state index in [4.69, 9.17) is 4.74 Å². The Kier molecular flexibility index (Phi) is 4.11. The van der Waals surface area contributed by atoms with Crippen LogP contribution in [0.25, 0.3) is 0 Å². The van der Waals surface area contributed by atoms with Crippen LogP contribution in [0.1, 0.15) is 13.8 Å². The average molecular weight is 296 g/mol. The Bertz CT molecular complexity index is 635. The maximum Gasteiger partial charge on any atom is 0.245 e. The zero-order chi connectivity index (χ0) is 15.5. The summed E-state index contributed by atoms with van der Waals surface area (Å²) in [4.78, 5) is 16.8. The standard InChI is InChI=1S/C18H20N2O2/c1-3-19(4-2)13-18(21)20-14-9-5-7-11-16(14)22-17-12-8-6-10-15(17)20/h5-12H,3-4,13H2,1-2H3. The van der Waals surface area contributed by atoms with Crippen molar-refractivity contribution in [3.05, 3.63) is 48.5 Å². The summed E-state index contributed by atoms with van der Waals surface area (Å²) in [6.07, 6.45) is 0. The third-order valence-electron chi connectivity index (χ3n) is 3.93. The fourth-order valence-electron chi connectivity index (χ4n) is 2.68. The van der Waals surface area contributed by atoms with Crippen molar-refractivity contribution in [2.45, 2.75) is 13.8 Å². The van der Waals surface area contributed by atoms with Crippen molar-refractivity contribution in [3.8, 4) is 11.5 Å². The Morgan fingerprint density at radius 1 is 0.955 bits per heavy atom. The number of fused-ring (bicyclic) bond motifs is 2. The molecular weight excluding hydrogens is 276 g/mol. The lowest BCUT2D eigenvalue weighted by Gasteiger charge is -2.32. The summed E-state index contributed by atoms with van der Waals surface area (Å²) in [6.45, 7) is 6.25. The van der Waals surface area contributed by atoms with Crippen LogP contribution in [0.2, 0.25) is 0 Å². The minimum absolute atomic E-state index is 0.0619. The van der Waals surface area contributed by atoms with Crippen LogP contribution < -0.4 is 9.64 Å². The van der Waals surface area contributed by atoms with E-state index in [-0.39, 0.29) is 5.91 Å². The number of amides is 1. The second kappa shape index (κ2) is 6.20. The number of carbonyl (C=O) groups is 1. The van der Waals surface area contributed by atoms with E-state index < -0.39 is 0 Å². The number of likely N-dealkylation sites (N-methyl/N-ethyl adjacent to an activating group) is 1. The highest BCUT2D eigenvalue weighted by molar-refractivity contribution is 6.05. The normalized spacial score (nSPS) is 12.6. The number of rotatable bonds is 4.